The van der Waals surface area contributed by atoms with Gasteiger partial charge in [-0.05, 0) is 30.4 Å². The maximum atomic E-state index is 6.04. The fourth-order valence-electron chi connectivity index (χ4n) is 3.02. The number of benzene rings is 1. The van der Waals surface area contributed by atoms with E-state index in [-0.39, 0.29) is 5.54 Å². The summed E-state index contributed by atoms with van der Waals surface area (Å²) in [7, 11) is 0. The molecule has 0 saturated heterocycles. The van der Waals surface area contributed by atoms with E-state index in [4.69, 9.17) is 5.73 Å². The molecule has 1 aromatic rings. The highest BCUT2D eigenvalue weighted by Gasteiger charge is 2.33. The molecular weight excluding hydrogens is 208 g/mol. The van der Waals surface area contributed by atoms with Crippen LogP contribution < -0.4 is 5.73 Å². The van der Waals surface area contributed by atoms with Gasteiger partial charge in [0, 0.05) is 25.2 Å². The predicted octanol–water partition coefficient (Wildman–Crippen LogP) is 2.56. The average molecular weight is 232 g/mol. The largest absolute Gasteiger partial charge is 0.329 e. The molecule has 0 amide bonds. The highest BCUT2D eigenvalue weighted by Crippen LogP contribution is 2.29. The third kappa shape index (κ3) is 2.24. The van der Waals surface area contributed by atoms with Crippen molar-refractivity contribution in [3.8, 4) is 0 Å². The van der Waals surface area contributed by atoms with Crippen LogP contribution in [0.1, 0.15) is 37.8 Å². The van der Waals surface area contributed by atoms with E-state index in [0.717, 1.165) is 38.9 Å². The van der Waals surface area contributed by atoms with Crippen molar-refractivity contribution >= 4 is 0 Å². The van der Waals surface area contributed by atoms with Crippen molar-refractivity contribution in [2.24, 2.45) is 5.73 Å². The molecule has 94 valence electrons. The molecule has 2 nitrogen and oxygen atoms in total. The molecule has 1 aliphatic heterocycles. The van der Waals surface area contributed by atoms with Crippen LogP contribution in [0.2, 0.25) is 0 Å². The smallest absolute Gasteiger partial charge is 0.0330 e. The van der Waals surface area contributed by atoms with Gasteiger partial charge in [0.15, 0.2) is 0 Å². The summed E-state index contributed by atoms with van der Waals surface area (Å²) < 4.78 is 0. The van der Waals surface area contributed by atoms with Gasteiger partial charge in [-0.25, -0.2) is 0 Å². The highest BCUT2D eigenvalue weighted by atomic mass is 15.2. The minimum absolute atomic E-state index is 0.202. The van der Waals surface area contributed by atoms with Crippen LogP contribution in [0.15, 0.2) is 24.3 Å². The van der Waals surface area contributed by atoms with Gasteiger partial charge in [0.2, 0.25) is 0 Å². The molecule has 0 aliphatic carbocycles. The zero-order chi connectivity index (χ0) is 12.3. The molecule has 17 heavy (non-hydrogen) atoms. The Morgan fingerprint density at radius 2 is 1.82 bits per heavy atom. The Labute approximate surface area is 105 Å². The first-order valence-corrected chi connectivity index (χ1v) is 6.77. The second kappa shape index (κ2) is 5.19. The number of rotatable bonds is 4. The molecule has 0 radical (unpaired) electrons. The van der Waals surface area contributed by atoms with Gasteiger partial charge >= 0.3 is 0 Å². The average Bonchev–Trinajstić information content (AvgIpc) is 2.41. The Morgan fingerprint density at radius 1 is 1.18 bits per heavy atom. The fourth-order valence-corrected chi connectivity index (χ4v) is 3.02. The molecule has 0 spiro atoms. The summed E-state index contributed by atoms with van der Waals surface area (Å²) in [4.78, 5) is 2.59. The van der Waals surface area contributed by atoms with Crippen molar-refractivity contribution in [3.05, 3.63) is 35.4 Å². The van der Waals surface area contributed by atoms with E-state index in [1.807, 2.05) is 0 Å². The molecule has 2 heteroatoms. The lowest BCUT2D eigenvalue weighted by molar-refractivity contribution is 0.0710. The number of fused-ring (bicyclic) bond motifs is 1. The van der Waals surface area contributed by atoms with E-state index in [9.17, 15) is 0 Å². The summed E-state index contributed by atoms with van der Waals surface area (Å²) in [6, 6.07) is 8.80. The summed E-state index contributed by atoms with van der Waals surface area (Å²) in [6.07, 6.45) is 3.45. The summed E-state index contributed by atoms with van der Waals surface area (Å²) in [5.74, 6) is 0. The lowest BCUT2D eigenvalue weighted by atomic mass is 9.87. The van der Waals surface area contributed by atoms with E-state index in [1.165, 1.54) is 11.1 Å². The third-order valence-corrected chi connectivity index (χ3v) is 4.50. The van der Waals surface area contributed by atoms with Crippen LogP contribution in [-0.4, -0.2) is 23.5 Å². The lowest BCUT2D eigenvalue weighted by Gasteiger charge is -2.45. The van der Waals surface area contributed by atoms with Crippen LogP contribution in [0.3, 0.4) is 0 Å². The zero-order valence-electron chi connectivity index (χ0n) is 11.1. The Kier molecular flexibility index (Phi) is 3.85. The van der Waals surface area contributed by atoms with Gasteiger partial charge in [0.1, 0.15) is 0 Å². The minimum Gasteiger partial charge on any atom is -0.329 e. The molecule has 1 aliphatic rings. The molecule has 0 fully saturated rings. The van der Waals surface area contributed by atoms with Gasteiger partial charge in [-0.2, -0.15) is 0 Å². The van der Waals surface area contributed by atoms with Crippen molar-refractivity contribution in [1.29, 1.82) is 0 Å². The van der Waals surface area contributed by atoms with Crippen LogP contribution in [-0.2, 0) is 13.0 Å². The van der Waals surface area contributed by atoms with Gasteiger partial charge in [-0.3, -0.25) is 4.90 Å². The summed E-state index contributed by atoms with van der Waals surface area (Å²) in [6.45, 7) is 7.50. The predicted molar refractivity (Wildman–Crippen MR) is 72.9 cm³/mol. The van der Waals surface area contributed by atoms with Gasteiger partial charge in [0.05, 0.1) is 0 Å². The topological polar surface area (TPSA) is 29.3 Å². The van der Waals surface area contributed by atoms with Crippen LogP contribution in [0, 0.1) is 0 Å². The standard InChI is InChI=1S/C15H24N2/c1-3-15(4-2,12-16)17-10-9-13-7-5-6-8-14(13)11-17/h5-8H,3-4,9-12,16H2,1-2H3. The van der Waals surface area contributed by atoms with Crippen molar-refractivity contribution in [2.45, 2.75) is 45.2 Å². The first-order valence-electron chi connectivity index (χ1n) is 6.77. The highest BCUT2D eigenvalue weighted by molar-refractivity contribution is 5.29. The molecular formula is C15H24N2. The van der Waals surface area contributed by atoms with Crippen LogP contribution in [0.4, 0.5) is 0 Å². The molecule has 2 rings (SSSR count). The molecule has 2 N–H and O–H groups in total. The molecule has 1 heterocycles. The SMILES string of the molecule is CCC(CC)(CN)N1CCc2ccccc2C1. The Balaban J connectivity index is 2.21. The quantitative estimate of drug-likeness (QED) is 0.864. The van der Waals surface area contributed by atoms with Crippen molar-refractivity contribution in [2.75, 3.05) is 13.1 Å². The first kappa shape index (κ1) is 12.6. The number of hydrogen-bond donors (Lipinski definition) is 1. The second-order valence-corrected chi connectivity index (χ2v) is 5.08. The fraction of sp³-hybridized carbons (Fsp3) is 0.600. The number of nitrogens with zero attached hydrogens (tertiary/aromatic N) is 1. The first-order chi connectivity index (χ1) is 8.25. The number of nitrogens with two attached hydrogens (primary N) is 1. The zero-order valence-corrected chi connectivity index (χ0v) is 11.1. The van der Waals surface area contributed by atoms with Crippen LogP contribution in [0.5, 0.6) is 0 Å². The summed E-state index contributed by atoms with van der Waals surface area (Å²) in [5.41, 5.74) is 9.24. The monoisotopic (exact) mass is 232 g/mol. The molecule has 0 atom stereocenters. The van der Waals surface area contributed by atoms with E-state index >= 15 is 0 Å². The lowest BCUT2D eigenvalue weighted by Crippen LogP contribution is -2.54. The Morgan fingerprint density at radius 3 is 2.41 bits per heavy atom. The molecule has 0 unspecified atom stereocenters. The summed E-state index contributed by atoms with van der Waals surface area (Å²) in [5, 5.41) is 0. The van der Waals surface area contributed by atoms with E-state index in [0.29, 0.717) is 0 Å². The van der Waals surface area contributed by atoms with Gasteiger partial charge in [0.25, 0.3) is 0 Å². The maximum Gasteiger partial charge on any atom is 0.0330 e. The minimum atomic E-state index is 0.202. The normalized spacial score (nSPS) is 16.9. The van der Waals surface area contributed by atoms with Gasteiger partial charge in [-0.15, -0.1) is 0 Å². The van der Waals surface area contributed by atoms with Crippen LogP contribution >= 0.6 is 0 Å². The van der Waals surface area contributed by atoms with E-state index < -0.39 is 0 Å². The van der Waals surface area contributed by atoms with Crippen LogP contribution in [0.25, 0.3) is 0 Å². The number of hydrogen-bond acceptors (Lipinski definition) is 2. The Hall–Kier alpha value is -0.860. The van der Waals surface area contributed by atoms with Gasteiger partial charge < -0.3 is 5.73 Å². The third-order valence-electron chi connectivity index (χ3n) is 4.50. The van der Waals surface area contributed by atoms with Gasteiger partial charge in [-0.1, -0.05) is 38.1 Å². The molecule has 0 aromatic heterocycles. The maximum absolute atomic E-state index is 6.04. The second-order valence-electron chi connectivity index (χ2n) is 5.08. The van der Waals surface area contributed by atoms with Crippen molar-refractivity contribution in [3.63, 3.8) is 0 Å². The molecule has 1 aromatic carbocycles. The molecule has 0 bridgehead atoms. The molecule has 0 saturated carbocycles. The van der Waals surface area contributed by atoms with E-state index in [1.54, 1.807) is 0 Å². The summed E-state index contributed by atoms with van der Waals surface area (Å²) >= 11 is 0. The van der Waals surface area contributed by atoms with Crippen molar-refractivity contribution < 1.29 is 0 Å². The Bertz CT molecular complexity index is 361. The van der Waals surface area contributed by atoms with E-state index in [2.05, 4.69) is 43.0 Å². The van der Waals surface area contributed by atoms with Crippen molar-refractivity contribution in [1.82, 2.24) is 4.90 Å².